The summed E-state index contributed by atoms with van der Waals surface area (Å²) in [4.78, 5) is 8.59. The molecule has 0 aliphatic carbocycles. The van der Waals surface area contributed by atoms with Gasteiger partial charge >= 0.3 is 0 Å². The van der Waals surface area contributed by atoms with E-state index < -0.39 is 0 Å². The zero-order valence-corrected chi connectivity index (χ0v) is 9.09. The van der Waals surface area contributed by atoms with E-state index in [4.69, 9.17) is 0 Å². The molecule has 0 unspecified atom stereocenters. The van der Waals surface area contributed by atoms with Crippen LogP contribution in [0.4, 0.5) is 5.82 Å². The number of hydrogen-bond acceptors (Lipinski definition) is 3. The number of hydrogen-bond donors (Lipinski definition) is 1. The average molecular weight is 222 g/mol. The summed E-state index contributed by atoms with van der Waals surface area (Å²) in [6.45, 7) is 0.611. The topological polar surface area (TPSA) is 41.7 Å². The number of para-hydroxylation sites is 1. The Kier molecular flexibility index (Phi) is 1.58. The van der Waals surface area contributed by atoms with Crippen molar-refractivity contribution in [3.63, 3.8) is 0 Å². The van der Waals surface area contributed by atoms with E-state index in [2.05, 4.69) is 50.0 Å². The third-order valence-electron chi connectivity index (χ3n) is 3.09. The summed E-state index contributed by atoms with van der Waals surface area (Å²) >= 11 is 0. The highest BCUT2D eigenvalue weighted by molar-refractivity contribution is 5.93. The molecule has 1 N–H and O–H groups in total. The van der Waals surface area contributed by atoms with Gasteiger partial charge in [0.25, 0.3) is 0 Å². The molecule has 0 radical (unpaired) electrons. The van der Waals surface area contributed by atoms with Crippen LogP contribution in [0.1, 0.15) is 5.69 Å². The summed E-state index contributed by atoms with van der Waals surface area (Å²) in [5.41, 5.74) is 3.20. The lowest BCUT2D eigenvalue weighted by molar-refractivity contribution is 1.04. The second-order valence-electron chi connectivity index (χ2n) is 4.10. The fourth-order valence-electron chi connectivity index (χ4n) is 2.35. The molecule has 0 atom stereocenters. The summed E-state index contributed by atoms with van der Waals surface area (Å²) < 4.78 is 2.20. The number of benzene rings is 1. The minimum Gasteiger partial charge on any atom is -0.350 e. The molecule has 3 aromatic rings. The zero-order chi connectivity index (χ0) is 11.2. The van der Waals surface area contributed by atoms with Crippen molar-refractivity contribution in [3.05, 3.63) is 42.2 Å². The van der Waals surface area contributed by atoms with Crippen LogP contribution in [0, 0.1) is 0 Å². The summed E-state index contributed by atoms with van der Waals surface area (Å²) in [7, 11) is 0. The fraction of sp³-hybridized carbons (Fsp3) is 0.0769. The van der Waals surface area contributed by atoms with Crippen LogP contribution in [0.25, 0.3) is 16.4 Å². The van der Waals surface area contributed by atoms with E-state index in [1.807, 2.05) is 12.4 Å². The van der Waals surface area contributed by atoms with Gasteiger partial charge in [-0.3, -0.25) is 9.39 Å². The van der Waals surface area contributed by atoms with Gasteiger partial charge in [0.2, 0.25) is 0 Å². The van der Waals surface area contributed by atoms with Gasteiger partial charge in [0.15, 0.2) is 0 Å². The Labute approximate surface area is 97.6 Å². The van der Waals surface area contributed by atoms with Crippen LogP contribution in [0.15, 0.2) is 41.5 Å². The number of aromatic nitrogens is 2. The van der Waals surface area contributed by atoms with Gasteiger partial charge in [-0.25, -0.2) is 4.98 Å². The van der Waals surface area contributed by atoms with Crippen molar-refractivity contribution in [2.75, 3.05) is 12.0 Å². The van der Waals surface area contributed by atoms with E-state index in [1.165, 1.54) is 10.9 Å². The van der Waals surface area contributed by atoms with Gasteiger partial charge in [0.1, 0.15) is 18.2 Å². The maximum absolute atomic E-state index is 4.41. The van der Waals surface area contributed by atoms with E-state index in [0.717, 1.165) is 17.0 Å². The maximum atomic E-state index is 4.41. The van der Waals surface area contributed by atoms with Crippen LogP contribution in [-0.2, 0) is 0 Å². The third kappa shape index (κ3) is 1.12. The first-order valence-corrected chi connectivity index (χ1v) is 5.56. The van der Waals surface area contributed by atoms with E-state index in [1.54, 1.807) is 0 Å². The third-order valence-corrected chi connectivity index (χ3v) is 3.09. The monoisotopic (exact) mass is 222 g/mol. The van der Waals surface area contributed by atoms with Gasteiger partial charge in [0, 0.05) is 5.39 Å². The van der Waals surface area contributed by atoms with Crippen molar-refractivity contribution in [2.24, 2.45) is 4.99 Å². The van der Waals surface area contributed by atoms with E-state index >= 15 is 0 Å². The molecular formula is C13H10N4. The van der Waals surface area contributed by atoms with Crippen molar-refractivity contribution in [1.82, 2.24) is 9.38 Å². The highest BCUT2D eigenvalue weighted by Crippen LogP contribution is 2.25. The molecule has 0 saturated heterocycles. The Morgan fingerprint density at radius 3 is 3.18 bits per heavy atom. The van der Waals surface area contributed by atoms with Gasteiger partial charge in [-0.2, -0.15) is 0 Å². The Bertz CT molecular complexity index is 755. The summed E-state index contributed by atoms with van der Waals surface area (Å²) in [6, 6.07) is 10.5. The molecule has 0 saturated carbocycles. The standard InChI is InChI=1S/C13H10N4/c1-2-4-12-9(3-1)5-10-6-15-11-7-14-8-16-13(11)17(10)12/h1-7,16H,8H2. The molecule has 0 fully saturated rings. The molecule has 4 nitrogen and oxygen atoms in total. The van der Waals surface area contributed by atoms with E-state index in [0.29, 0.717) is 6.67 Å². The number of nitrogens with zero attached hydrogens (tertiary/aromatic N) is 3. The Morgan fingerprint density at radius 1 is 1.24 bits per heavy atom. The molecule has 0 spiro atoms. The minimum atomic E-state index is 0.611. The normalized spacial score (nSPS) is 13.9. The Morgan fingerprint density at radius 2 is 2.18 bits per heavy atom. The van der Waals surface area contributed by atoms with Gasteiger partial charge in [-0.05, 0) is 12.1 Å². The lowest BCUT2D eigenvalue weighted by atomic mass is 10.2. The molecule has 17 heavy (non-hydrogen) atoms. The second-order valence-corrected chi connectivity index (χ2v) is 4.10. The van der Waals surface area contributed by atoms with Crippen LogP contribution < -0.4 is 5.32 Å². The Hall–Kier alpha value is -2.36. The van der Waals surface area contributed by atoms with E-state index in [-0.39, 0.29) is 0 Å². The molecule has 0 bridgehead atoms. The number of nitrogens with one attached hydrogen (secondary N) is 1. The summed E-state index contributed by atoms with van der Waals surface area (Å²) in [5.74, 6) is 1.03. The first-order chi connectivity index (χ1) is 8.43. The molecule has 1 aliphatic rings. The molecule has 4 rings (SSSR count). The van der Waals surface area contributed by atoms with Gasteiger partial charge in [-0.15, -0.1) is 0 Å². The summed E-state index contributed by atoms with van der Waals surface area (Å²) in [6.07, 6.45) is 3.71. The number of aliphatic imine (C=N–C) groups is 1. The zero-order valence-electron chi connectivity index (χ0n) is 9.09. The predicted molar refractivity (Wildman–Crippen MR) is 68.8 cm³/mol. The maximum Gasteiger partial charge on any atom is 0.140 e. The largest absolute Gasteiger partial charge is 0.350 e. The predicted octanol–water partition coefficient (Wildman–Crippen LogP) is 2.29. The van der Waals surface area contributed by atoms with Crippen molar-refractivity contribution in [1.29, 1.82) is 0 Å². The van der Waals surface area contributed by atoms with Gasteiger partial charge < -0.3 is 5.32 Å². The first-order valence-electron chi connectivity index (χ1n) is 5.56. The van der Waals surface area contributed by atoms with Gasteiger partial charge in [0.05, 0.1) is 23.4 Å². The lowest BCUT2D eigenvalue weighted by Crippen LogP contribution is -2.13. The minimum absolute atomic E-state index is 0.611. The van der Waals surface area contributed by atoms with Crippen LogP contribution in [-0.4, -0.2) is 22.3 Å². The molecular weight excluding hydrogens is 212 g/mol. The van der Waals surface area contributed by atoms with Crippen molar-refractivity contribution in [3.8, 4) is 0 Å². The number of rotatable bonds is 0. The van der Waals surface area contributed by atoms with Crippen LogP contribution >= 0.6 is 0 Å². The molecule has 3 heterocycles. The quantitative estimate of drug-likeness (QED) is 0.634. The van der Waals surface area contributed by atoms with E-state index in [9.17, 15) is 0 Å². The highest BCUT2D eigenvalue weighted by atomic mass is 15.2. The van der Waals surface area contributed by atoms with Crippen LogP contribution in [0.5, 0.6) is 0 Å². The first kappa shape index (κ1) is 8.75. The number of fused-ring (bicyclic) bond motifs is 5. The lowest BCUT2D eigenvalue weighted by Gasteiger charge is -2.14. The molecule has 1 aliphatic heterocycles. The highest BCUT2D eigenvalue weighted by Gasteiger charge is 2.12. The Balaban J connectivity index is 2.24. The average Bonchev–Trinajstić information content (AvgIpc) is 2.77. The smallest absolute Gasteiger partial charge is 0.140 e. The fourth-order valence-corrected chi connectivity index (χ4v) is 2.35. The molecule has 0 amide bonds. The summed E-state index contributed by atoms with van der Waals surface area (Å²) in [5, 5.41) is 4.52. The van der Waals surface area contributed by atoms with Crippen molar-refractivity contribution in [2.45, 2.75) is 0 Å². The van der Waals surface area contributed by atoms with Crippen molar-refractivity contribution >= 4 is 28.5 Å². The second kappa shape index (κ2) is 3.07. The molecule has 1 aromatic carbocycles. The van der Waals surface area contributed by atoms with Gasteiger partial charge in [-0.1, -0.05) is 18.2 Å². The number of anilines is 1. The van der Waals surface area contributed by atoms with Crippen LogP contribution in [0.3, 0.4) is 0 Å². The van der Waals surface area contributed by atoms with Crippen molar-refractivity contribution < 1.29 is 0 Å². The molecule has 82 valence electrons. The molecule has 4 heteroatoms. The SMILES string of the molecule is C1=NCNc2c1ncc1cc3ccccc3n21. The van der Waals surface area contributed by atoms with Crippen LogP contribution in [0.2, 0.25) is 0 Å². The molecule has 2 aromatic heterocycles.